The van der Waals surface area contributed by atoms with Gasteiger partial charge in [0.25, 0.3) is 0 Å². The number of hydrogen-bond acceptors (Lipinski definition) is 3. The van der Waals surface area contributed by atoms with Gasteiger partial charge >= 0.3 is 0 Å². The molecule has 1 aromatic carbocycles. The molecule has 4 nitrogen and oxygen atoms in total. The summed E-state index contributed by atoms with van der Waals surface area (Å²) in [6, 6.07) is 8.85. The van der Waals surface area contributed by atoms with E-state index in [9.17, 15) is 0 Å². The molecule has 23 heavy (non-hydrogen) atoms. The number of para-hydroxylation sites is 1. The largest absolute Gasteiger partial charge is 0.360 e. The third-order valence-corrected chi connectivity index (χ3v) is 5.68. The number of thioether (sulfide) groups is 1. The maximum Gasteiger partial charge on any atom is 0.178 e. The van der Waals surface area contributed by atoms with Gasteiger partial charge in [0.2, 0.25) is 0 Å². The standard InChI is InChI=1S/C18H22N4S/c1-12-17(15-11-19-16-10-6-5-9-14(15)16)21-22-18(23-12)20-13-7-3-2-4-8-13/h5-6,9-13,19H,2-4,7-8H2,1H3,(H,20,22). The van der Waals surface area contributed by atoms with Crippen molar-refractivity contribution < 1.29 is 0 Å². The minimum absolute atomic E-state index is 0.304. The summed E-state index contributed by atoms with van der Waals surface area (Å²) in [6.45, 7) is 2.21. The number of amidine groups is 1. The number of rotatable bonds is 2. The molecule has 2 heterocycles. The van der Waals surface area contributed by atoms with Crippen LogP contribution in [0.25, 0.3) is 10.9 Å². The van der Waals surface area contributed by atoms with Crippen LogP contribution in [0.4, 0.5) is 0 Å². The first-order valence-corrected chi connectivity index (χ1v) is 9.34. The second kappa shape index (κ2) is 6.40. The molecule has 1 aliphatic heterocycles. The van der Waals surface area contributed by atoms with E-state index < -0.39 is 0 Å². The number of nitrogens with one attached hydrogen (secondary N) is 2. The lowest BCUT2D eigenvalue weighted by Crippen LogP contribution is -2.32. The fraction of sp³-hybridized carbons (Fsp3) is 0.444. The molecule has 0 saturated heterocycles. The molecule has 0 amide bonds. The zero-order valence-corrected chi connectivity index (χ0v) is 14.2. The van der Waals surface area contributed by atoms with E-state index in [4.69, 9.17) is 4.99 Å². The third-order valence-electron chi connectivity index (χ3n) is 4.69. The third kappa shape index (κ3) is 3.02. The molecule has 5 heteroatoms. The Morgan fingerprint density at radius 3 is 2.83 bits per heavy atom. The quantitative estimate of drug-likeness (QED) is 0.865. The molecular formula is C18H22N4S. The molecule has 1 saturated carbocycles. The Morgan fingerprint density at radius 1 is 1.17 bits per heavy atom. The van der Waals surface area contributed by atoms with Crippen LogP contribution >= 0.6 is 11.8 Å². The summed E-state index contributed by atoms with van der Waals surface area (Å²) in [7, 11) is 0. The number of H-pyrrole nitrogens is 1. The van der Waals surface area contributed by atoms with Gasteiger partial charge in [0.05, 0.1) is 17.0 Å². The summed E-state index contributed by atoms with van der Waals surface area (Å²) < 4.78 is 0. The van der Waals surface area contributed by atoms with Crippen molar-refractivity contribution >= 4 is 33.5 Å². The lowest BCUT2D eigenvalue weighted by atomic mass is 9.96. The number of fused-ring (bicyclic) bond motifs is 1. The van der Waals surface area contributed by atoms with Crippen LogP contribution in [0.15, 0.2) is 40.6 Å². The summed E-state index contributed by atoms with van der Waals surface area (Å²) in [5, 5.41) is 7.16. The van der Waals surface area contributed by atoms with Gasteiger partial charge in [-0.1, -0.05) is 49.2 Å². The number of benzene rings is 1. The van der Waals surface area contributed by atoms with Gasteiger partial charge in [0.15, 0.2) is 5.17 Å². The van der Waals surface area contributed by atoms with Gasteiger partial charge < -0.3 is 4.98 Å². The normalized spacial score (nSPS) is 24.7. The van der Waals surface area contributed by atoms with Crippen molar-refractivity contribution in [3.8, 4) is 0 Å². The monoisotopic (exact) mass is 326 g/mol. The first-order valence-electron chi connectivity index (χ1n) is 8.46. The van der Waals surface area contributed by atoms with Crippen molar-refractivity contribution in [3.05, 3.63) is 36.0 Å². The molecule has 0 radical (unpaired) electrons. The minimum Gasteiger partial charge on any atom is -0.360 e. The molecule has 2 aliphatic rings. The van der Waals surface area contributed by atoms with Crippen molar-refractivity contribution in [3.63, 3.8) is 0 Å². The van der Waals surface area contributed by atoms with E-state index in [0.29, 0.717) is 11.3 Å². The van der Waals surface area contributed by atoms with Crippen molar-refractivity contribution in [1.82, 2.24) is 10.4 Å². The molecule has 1 aliphatic carbocycles. The fourth-order valence-electron chi connectivity index (χ4n) is 3.45. The fourth-order valence-corrected chi connectivity index (χ4v) is 4.38. The minimum atomic E-state index is 0.304. The van der Waals surface area contributed by atoms with Crippen molar-refractivity contribution in [2.24, 2.45) is 10.1 Å². The molecule has 2 aromatic rings. The summed E-state index contributed by atoms with van der Waals surface area (Å²) >= 11 is 1.79. The van der Waals surface area contributed by atoms with Crippen LogP contribution in [0.2, 0.25) is 0 Å². The first-order chi connectivity index (χ1) is 11.3. The molecule has 1 aromatic heterocycles. The molecule has 1 unspecified atom stereocenters. The summed E-state index contributed by atoms with van der Waals surface area (Å²) in [5.41, 5.74) is 6.62. The van der Waals surface area contributed by atoms with Gasteiger partial charge in [-0.3, -0.25) is 10.4 Å². The number of aromatic amines is 1. The summed E-state index contributed by atoms with van der Waals surface area (Å²) in [6.07, 6.45) is 8.49. The number of nitrogens with zero attached hydrogens (tertiary/aromatic N) is 2. The average molecular weight is 326 g/mol. The van der Waals surface area contributed by atoms with Gasteiger partial charge in [0, 0.05) is 22.7 Å². The van der Waals surface area contributed by atoms with Crippen molar-refractivity contribution in [1.29, 1.82) is 0 Å². The van der Waals surface area contributed by atoms with E-state index in [1.165, 1.54) is 43.1 Å². The Labute approximate surface area is 140 Å². The highest BCUT2D eigenvalue weighted by atomic mass is 32.2. The highest BCUT2D eigenvalue weighted by Crippen LogP contribution is 2.28. The Bertz CT molecular complexity index is 755. The molecule has 1 atom stereocenters. The van der Waals surface area contributed by atoms with E-state index >= 15 is 0 Å². The van der Waals surface area contributed by atoms with Crippen molar-refractivity contribution in [2.75, 3.05) is 0 Å². The zero-order valence-electron chi connectivity index (χ0n) is 13.4. The SMILES string of the molecule is CC1SC(=NC2CCCCC2)NN=C1c1c[nH]c2ccccc12. The van der Waals surface area contributed by atoms with E-state index in [1.807, 2.05) is 0 Å². The molecule has 0 bridgehead atoms. The molecule has 2 N–H and O–H groups in total. The van der Waals surface area contributed by atoms with Crippen LogP contribution in [-0.2, 0) is 0 Å². The molecular weight excluding hydrogens is 304 g/mol. The maximum absolute atomic E-state index is 4.88. The Hall–Kier alpha value is -1.75. The van der Waals surface area contributed by atoms with Crippen LogP contribution in [0.1, 0.15) is 44.6 Å². The highest BCUT2D eigenvalue weighted by molar-refractivity contribution is 8.15. The van der Waals surface area contributed by atoms with Gasteiger partial charge in [-0.2, -0.15) is 5.10 Å². The molecule has 4 rings (SSSR count). The van der Waals surface area contributed by atoms with Crippen LogP contribution in [0.3, 0.4) is 0 Å². The van der Waals surface area contributed by atoms with Gasteiger partial charge in [-0.25, -0.2) is 0 Å². The number of aromatic nitrogens is 1. The van der Waals surface area contributed by atoms with Gasteiger partial charge in [-0.05, 0) is 25.8 Å². The predicted molar refractivity (Wildman–Crippen MR) is 99.3 cm³/mol. The first kappa shape index (κ1) is 14.8. The lowest BCUT2D eigenvalue weighted by molar-refractivity contribution is 0.443. The Kier molecular flexibility index (Phi) is 4.12. The number of hydrazone groups is 1. The molecule has 1 fully saturated rings. The van der Waals surface area contributed by atoms with Crippen LogP contribution in [0.5, 0.6) is 0 Å². The van der Waals surface area contributed by atoms with E-state index in [1.54, 1.807) is 11.8 Å². The van der Waals surface area contributed by atoms with Crippen molar-refractivity contribution in [2.45, 2.75) is 50.3 Å². The topological polar surface area (TPSA) is 52.5 Å². The Morgan fingerprint density at radius 2 is 2.00 bits per heavy atom. The second-order valence-corrected chi connectivity index (χ2v) is 7.67. The average Bonchev–Trinajstić information content (AvgIpc) is 3.00. The van der Waals surface area contributed by atoms with E-state index in [0.717, 1.165) is 16.4 Å². The number of hydrogen-bond donors (Lipinski definition) is 2. The lowest BCUT2D eigenvalue weighted by Gasteiger charge is -2.23. The molecule has 0 spiro atoms. The predicted octanol–water partition coefficient (Wildman–Crippen LogP) is 4.29. The second-order valence-electron chi connectivity index (χ2n) is 6.34. The number of aliphatic imine (C=N–C) groups is 1. The van der Waals surface area contributed by atoms with Crippen LogP contribution < -0.4 is 5.43 Å². The van der Waals surface area contributed by atoms with Gasteiger partial charge in [0.1, 0.15) is 0 Å². The maximum atomic E-state index is 4.88. The molecule has 120 valence electrons. The van der Waals surface area contributed by atoms with E-state index in [-0.39, 0.29) is 0 Å². The highest BCUT2D eigenvalue weighted by Gasteiger charge is 2.24. The summed E-state index contributed by atoms with van der Waals surface area (Å²) in [4.78, 5) is 8.21. The zero-order chi connectivity index (χ0) is 15.6. The van der Waals surface area contributed by atoms with Crippen LogP contribution in [0, 0.1) is 0 Å². The smallest absolute Gasteiger partial charge is 0.178 e. The van der Waals surface area contributed by atoms with Crippen LogP contribution in [-0.4, -0.2) is 27.2 Å². The Balaban J connectivity index is 1.58. The van der Waals surface area contributed by atoms with Gasteiger partial charge in [-0.15, -0.1) is 0 Å². The van der Waals surface area contributed by atoms with E-state index in [2.05, 4.69) is 52.9 Å². The summed E-state index contributed by atoms with van der Waals surface area (Å²) in [5.74, 6) is 0.